The van der Waals surface area contributed by atoms with E-state index in [4.69, 9.17) is 29.9 Å². The van der Waals surface area contributed by atoms with Crippen molar-refractivity contribution in [1.82, 2.24) is 48.4 Å². The van der Waals surface area contributed by atoms with E-state index in [1.54, 1.807) is 4.06 Å². The van der Waals surface area contributed by atoms with Gasteiger partial charge in [-0.2, -0.15) is 0 Å². The van der Waals surface area contributed by atoms with E-state index in [1.165, 1.54) is 0 Å². The molecule has 3 aliphatic rings. The van der Waals surface area contributed by atoms with Crippen LogP contribution >= 0.6 is 0 Å². The molecule has 0 aliphatic carbocycles. The van der Waals surface area contributed by atoms with Crippen LogP contribution in [0.25, 0.3) is 89.7 Å². The summed E-state index contributed by atoms with van der Waals surface area (Å²) < 4.78 is 6.05. The second kappa shape index (κ2) is 10.3. The number of hydrazine groups is 1. The zero-order valence-corrected chi connectivity index (χ0v) is 26.5. The Morgan fingerprint density at radius 2 is 1.04 bits per heavy atom. The van der Waals surface area contributed by atoms with Crippen molar-refractivity contribution in [3.05, 3.63) is 91.0 Å². The number of nitrogens with one attached hydrogen (secondary N) is 3. The number of aromatic amines is 2. The molecule has 3 N–H and O–H groups in total. The van der Waals surface area contributed by atoms with Gasteiger partial charge in [-0.3, -0.25) is 0 Å². The summed E-state index contributed by atoms with van der Waals surface area (Å²) in [7, 11) is 0. The van der Waals surface area contributed by atoms with Gasteiger partial charge in [-0.15, -0.1) is 0 Å². The molecular formula is C36H25CoN10O. The Hall–Kier alpha value is -5.82. The fraction of sp³-hybridized carbons (Fsp3) is 0.0833. The van der Waals surface area contributed by atoms with Gasteiger partial charge in [0.15, 0.2) is 0 Å². The molecule has 1 amide bonds. The molecule has 0 saturated carbocycles. The molecule has 7 aromatic rings. The third kappa shape index (κ3) is 4.13. The van der Waals surface area contributed by atoms with Crippen molar-refractivity contribution < 1.29 is 18.9 Å². The van der Waals surface area contributed by atoms with E-state index < -0.39 is 14.1 Å². The Bertz CT molecular complexity index is 2680. The molecule has 8 bridgehead atoms. The first-order valence-electron chi connectivity index (χ1n) is 15.6. The maximum absolute atomic E-state index is 12.8. The Balaban J connectivity index is 1.35. The van der Waals surface area contributed by atoms with Crippen LogP contribution in [-0.2, 0) is 18.9 Å². The molecule has 0 atom stereocenters. The number of fused-ring (bicyclic) bond motifs is 20. The number of hydrogen-bond acceptors (Lipinski definition) is 8. The summed E-state index contributed by atoms with van der Waals surface area (Å²) in [4.78, 5) is 50.2. The first kappa shape index (κ1) is 27.3. The number of hydrogen-bond donors (Lipinski definition) is 3. The Labute approximate surface area is 277 Å². The van der Waals surface area contributed by atoms with Crippen LogP contribution in [0.2, 0.25) is 0 Å². The van der Waals surface area contributed by atoms with Crippen LogP contribution in [0.4, 0.5) is 0 Å². The minimum atomic E-state index is -1.02. The van der Waals surface area contributed by atoms with Crippen molar-refractivity contribution in [1.29, 1.82) is 0 Å². The van der Waals surface area contributed by atoms with Crippen molar-refractivity contribution in [2.75, 3.05) is 0 Å². The molecule has 1 fully saturated rings. The second-order valence-electron chi connectivity index (χ2n) is 11.6. The maximum atomic E-state index is 12.8. The molecule has 1 saturated heterocycles. The van der Waals surface area contributed by atoms with Crippen molar-refractivity contribution >= 4 is 54.5 Å². The van der Waals surface area contributed by atoms with Crippen molar-refractivity contribution in [3.63, 3.8) is 0 Å². The van der Waals surface area contributed by atoms with Crippen LogP contribution in [-0.4, -0.2) is 49.8 Å². The van der Waals surface area contributed by atoms with E-state index in [2.05, 4.69) is 20.5 Å². The number of benzene rings is 4. The Morgan fingerprint density at radius 1 is 0.583 bits per heavy atom. The van der Waals surface area contributed by atoms with E-state index in [0.717, 1.165) is 54.7 Å². The van der Waals surface area contributed by atoms with Crippen molar-refractivity contribution in [2.24, 2.45) is 0 Å². The van der Waals surface area contributed by atoms with Crippen LogP contribution in [0.15, 0.2) is 91.0 Å². The standard InChI is InChI=1S/C32H17N8.C4H8N2O.Co/c1-2-10-18-17(9-1)25-33-26(18)38-28-21-13-5-6-14-22(21)30(35-28)40-32-24-16-8-7-15-23(24)31(36-32)39-29-20-12-4-3-11-19(20)27(34-29)37-25;1-2-3-4(7)6-5;/h1-15H,(H2,33,34,35,36,37,38,39,40);5H,2-3H2,1H3;/q;-2;+2. The average molecular weight is 673 g/mol. The van der Waals surface area contributed by atoms with Gasteiger partial charge in [0.1, 0.15) is 0 Å². The summed E-state index contributed by atoms with van der Waals surface area (Å²) in [5.74, 6) is 2.29. The SMILES string of the molecule is CCCC(=O)[N]1[NH][Co]1[c]1cccc2c3nc4nc(nc5[nH]c(nc6nc(nc([nH]3)c12)-c1ccccc1-6)c1ccccc51)-c1ccccc1-4. The number of carbonyl (C=O) groups excluding carboxylic acids is 1. The normalized spacial score (nSPS) is 13.9. The van der Waals surface area contributed by atoms with Gasteiger partial charge >= 0.3 is 272 Å². The van der Waals surface area contributed by atoms with E-state index in [-0.39, 0.29) is 5.91 Å². The first-order chi connectivity index (χ1) is 23.6. The monoisotopic (exact) mass is 672 g/mol. The van der Waals surface area contributed by atoms with Crippen molar-refractivity contribution in [2.45, 2.75) is 19.8 Å². The molecule has 12 heteroatoms. The van der Waals surface area contributed by atoms with Gasteiger partial charge in [-0.05, 0) is 0 Å². The Morgan fingerprint density at radius 3 is 1.58 bits per heavy atom. The molecule has 6 heterocycles. The molecule has 4 aromatic carbocycles. The van der Waals surface area contributed by atoms with Gasteiger partial charge in [0.25, 0.3) is 0 Å². The fourth-order valence-corrected chi connectivity index (χ4v) is 8.33. The number of nitrogens with zero attached hydrogens (tertiary/aromatic N) is 7. The van der Waals surface area contributed by atoms with E-state index in [0.29, 0.717) is 52.3 Å². The van der Waals surface area contributed by atoms with E-state index >= 15 is 0 Å². The summed E-state index contributed by atoms with van der Waals surface area (Å²) in [5, 5.41) is 3.62. The van der Waals surface area contributed by atoms with Gasteiger partial charge in [0, 0.05) is 0 Å². The van der Waals surface area contributed by atoms with Gasteiger partial charge in [-0.1, -0.05) is 6.07 Å². The number of rotatable bonds is 3. The van der Waals surface area contributed by atoms with Gasteiger partial charge in [0.05, 0.1) is 0 Å². The number of amides is 1. The van der Waals surface area contributed by atoms with Crippen LogP contribution in [0, 0.1) is 0 Å². The minimum absolute atomic E-state index is 0.0856. The number of aromatic nitrogens is 8. The predicted octanol–water partition coefficient (Wildman–Crippen LogP) is 6.09. The summed E-state index contributed by atoms with van der Waals surface area (Å²) in [6.45, 7) is 2.01. The summed E-state index contributed by atoms with van der Waals surface area (Å²) in [6, 6.07) is 30.1. The predicted molar refractivity (Wildman–Crippen MR) is 181 cm³/mol. The topological polar surface area (TPSA) is 151 Å². The first-order valence-corrected chi connectivity index (χ1v) is 17.1. The average Bonchev–Trinajstić information content (AvgIpc) is 3.39. The zero-order valence-electron chi connectivity index (χ0n) is 25.4. The van der Waals surface area contributed by atoms with Gasteiger partial charge < -0.3 is 0 Å². The molecule has 11 nitrogen and oxygen atoms in total. The van der Waals surface area contributed by atoms with E-state index in [9.17, 15) is 4.79 Å². The van der Waals surface area contributed by atoms with Crippen molar-refractivity contribution in [3.8, 4) is 45.6 Å². The quantitative estimate of drug-likeness (QED) is 0.191. The molecule has 0 radical (unpaired) electrons. The van der Waals surface area contributed by atoms with Crippen LogP contribution in [0.1, 0.15) is 19.8 Å². The second-order valence-corrected chi connectivity index (χ2v) is 13.6. The van der Waals surface area contributed by atoms with Crippen LogP contribution in [0.3, 0.4) is 0 Å². The number of carbonyl (C=O) groups is 1. The molecule has 0 unspecified atom stereocenters. The summed E-state index contributed by atoms with van der Waals surface area (Å²) in [5.41, 5.74) is 6.07. The summed E-state index contributed by atoms with van der Waals surface area (Å²) >= 11 is -1.02. The molecular weight excluding hydrogens is 647 g/mol. The van der Waals surface area contributed by atoms with Crippen LogP contribution < -0.4 is 8.97 Å². The third-order valence-electron chi connectivity index (χ3n) is 8.61. The summed E-state index contributed by atoms with van der Waals surface area (Å²) in [6.07, 6.45) is 1.28. The zero-order chi connectivity index (χ0) is 31.9. The molecule has 10 rings (SSSR count). The van der Waals surface area contributed by atoms with Crippen LogP contribution in [0.5, 0.6) is 0 Å². The number of H-pyrrole nitrogens is 2. The fourth-order valence-electron chi connectivity index (χ4n) is 6.36. The van der Waals surface area contributed by atoms with Gasteiger partial charge in [0.2, 0.25) is 0 Å². The molecule has 48 heavy (non-hydrogen) atoms. The van der Waals surface area contributed by atoms with Gasteiger partial charge in [-0.25, -0.2) is 0 Å². The Kier molecular flexibility index (Phi) is 5.88. The molecule has 234 valence electrons. The van der Waals surface area contributed by atoms with E-state index in [1.807, 2.05) is 91.9 Å². The third-order valence-corrected chi connectivity index (χ3v) is 10.7. The molecule has 3 aliphatic heterocycles. The molecule has 3 aromatic heterocycles. The molecule has 0 spiro atoms.